The van der Waals surface area contributed by atoms with E-state index in [0.717, 1.165) is 16.8 Å². The predicted molar refractivity (Wildman–Crippen MR) is 60.6 cm³/mol. The number of fused-ring (bicyclic) bond motifs is 1. The molecule has 84 valence electrons. The van der Waals surface area contributed by atoms with Gasteiger partial charge in [0.2, 0.25) is 0 Å². The minimum Gasteiger partial charge on any atom is -0.481 e. The molecule has 0 bridgehead atoms. The minimum atomic E-state index is -0.774. The highest BCUT2D eigenvalue weighted by molar-refractivity contribution is 5.68. The molecular formula is C12H14N2O2. The van der Waals surface area contributed by atoms with Crippen molar-refractivity contribution in [3.8, 4) is 0 Å². The van der Waals surface area contributed by atoms with Gasteiger partial charge in [0.15, 0.2) is 0 Å². The van der Waals surface area contributed by atoms with Crippen molar-refractivity contribution in [1.29, 1.82) is 0 Å². The second kappa shape index (κ2) is 3.96. The smallest absolute Gasteiger partial charge is 0.303 e. The lowest BCUT2D eigenvalue weighted by atomic mass is 10.00. The van der Waals surface area contributed by atoms with Gasteiger partial charge in [0, 0.05) is 6.20 Å². The van der Waals surface area contributed by atoms with E-state index in [1.165, 1.54) is 0 Å². The Kier molecular flexibility index (Phi) is 2.64. The number of carboxylic acids is 1. The molecule has 0 fully saturated rings. The molecule has 0 saturated heterocycles. The van der Waals surface area contributed by atoms with Crippen molar-refractivity contribution in [2.45, 2.75) is 26.2 Å². The van der Waals surface area contributed by atoms with E-state index in [1.807, 2.05) is 38.2 Å². The van der Waals surface area contributed by atoms with E-state index in [9.17, 15) is 4.79 Å². The lowest BCUT2D eigenvalue weighted by Gasteiger charge is -2.08. The van der Waals surface area contributed by atoms with E-state index < -0.39 is 5.97 Å². The summed E-state index contributed by atoms with van der Waals surface area (Å²) < 4.78 is 1.79. The number of hydrogen-bond donors (Lipinski definition) is 1. The molecule has 0 saturated carbocycles. The Labute approximate surface area is 93.5 Å². The molecule has 1 N–H and O–H groups in total. The standard InChI is InChI=1S/C12H14N2O2/c1-8(5-12(15)16)10-3-4-11-6-9(2)13-14(11)7-10/h3-4,6-8H,5H2,1-2H3,(H,15,16). The first-order chi connectivity index (χ1) is 7.56. The molecule has 0 aromatic carbocycles. The molecular weight excluding hydrogens is 204 g/mol. The van der Waals surface area contributed by atoms with Crippen molar-refractivity contribution >= 4 is 11.5 Å². The zero-order valence-electron chi connectivity index (χ0n) is 9.34. The largest absolute Gasteiger partial charge is 0.481 e. The number of nitrogens with zero attached hydrogens (tertiary/aromatic N) is 2. The molecule has 2 rings (SSSR count). The Morgan fingerprint density at radius 3 is 3.00 bits per heavy atom. The fraction of sp³-hybridized carbons (Fsp3) is 0.333. The molecule has 2 aromatic rings. The highest BCUT2D eigenvalue weighted by Gasteiger charge is 2.11. The maximum atomic E-state index is 10.6. The minimum absolute atomic E-state index is 0.00593. The lowest BCUT2D eigenvalue weighted by molar-refractivity contribution is -0.137. The molecule has 0 aliphatic heterocycles. The number of carbonyl (C=O) groups is 1. The van der Waals surface area contributed by atoms with Gasteiger partial charge in [-0.25, -0.2) is 4.52 Å². The van der Waals surface area contributed by atoms with Gasteiger partial charge in [0.25, 0.3) is 0 Å². The Morgan fingerprint density at radius 2 is 2.31 bits per heavy atom. The molecule has 2 aromatic heterocycles. The van der Waals surface area contributed by atoms with E-state index in [2.05, 4.69) is 5.10 Å². The van der Waals surface area contributed by atoms with Crippen molar-refractivity contribution in [1.82, 2.24) is 9.61 Å². The van der Waals surface area contributed by atoms with Crippen LogP contribution in [0, 0.1) is 6.92 Å². The monoisotopic (exact) mass is 218 g/mol. The normalized spacial score (nSPS) is 12.9. The number of hydrogen-bond acceptors (Lipinski definition) is 2. The number of aromatic nitrogens is 2. The van der Waals surface area contributed by atoms with Gasteiger partial charge in [0.1, 0.15) is 0 Å². The molecule has 0 spiro atoms. The fourth-order valence-corrected chi connectivity index (χ4v) is 1.80. The molecule has 0 radical (unpaired) electrons. The summed E-state index contributed by atoms with van der Waals surface area (Å²) in [5, 5.41) is 13.0. The lowest BCUT2D eigenvalue weighted by Crippen LogP contribution is -2.04. The topological polar surface area (TPSA) is 54.6 Å². The van der Waals surface area contributed by atoms with E-state index in [1.54, 1.807) is 4.52 Å². The second-order valence-corrected chi connectivity index (χ2v) is 4.12. The summed E-state index contributed by atoms with van der Waals surface area (Å²) in [6.07, 6.45) is 2.04. The number of pyridine rings is 1. The summed E-state index contributed by atoms with van der Waals surface area (Å²) in [7, 11) is 0. The first-order valence-electron chi connectivity index (χ1n) is 5.24. The van der Waals surface area contributed by atoms with Gasteiger partial charge in [-0.3, -0.25) is 4.79 Å². The molecule has 1 atom stereocenters. The van der Waals surface area contributed by atoms with E-state index in [0.29, 0.717) is 0 Å². The second-order valence-electron chi connectivity index (χ2n) is 4.12. The van der Waals surface area contributed by atoms with Crippen molar-refractivity contribution < 1.29 is 9.90 Å². The van der Waals surface area contributed by atoms with Crippen LogP contribution in [0.4, 0.5) is 0 Å². The van der Waals surface area contributed by atoms with E-state index in [-0.39, 0.29) is 12.3 Å². The van der Waals surface area contributed by atoms with Gasteiger partial charge in [-0.05, 0) is 30.5 Å². The van der Waals surface area contributed by atoms with Crippen LogP contribution in [-0.4, -0.2) is 20.7 Å². The third kappa shape index (κ3) is 2.05. The van der Waals surface area contributed by atoms with Crippen LogP contribution in [0.2, 0.25) is 0 Å². The molecule has 4 heteroatoms. The summed E-state index contributed by atoms with van der Waals surface area (Å²) in [5.41, 5.74) is 2.99. The maximum absolute atomic E-state index is 10.6. The Hall–Kier alpha value is -1.84. The van der Waals surface area contributed by atoms with Crippen LogP contribution >= 0.6 is 0 Å². The number of aliphatic carboxylic acids is 1. The number of aryl methyl sites for hydroxylation is 1. The van der Waals surface area contributed by atoms with Crippen molar-refractivity contribution in [2.24, 2.45) is 0 Å². The van der Waals surface area contributed by atoms with Gasteiger partial charge in [-0.1, -0.05) is 13.0 Å². The van der Waals surface area contributed by atoms with Gasteiger partial charge in [-0.15, -0.1) is 0 Å². The Bertz CT molecular complexity index is 531. The highest BCUT2D eigenvalue weighted by Crippen LogP contribution is 2.19. The van der Waals surface area contributed by atoms with Crippen LogP contribution in [0.5, 0.6) is 0 Å². The zero-order valence-corrected chi connectivity index (χ0v) is 9.34. The average Bonchev–Trinajstić information content (AvgIpc) is 2.55. The SMILES string of the molecule is Cc1cc2ccc(C(C)CC(=O)O)cn2n1. The number of rotatable bonds is 3. The van der Waals surface area contributed by atoms with E-state index in [4.69, 9.17) is 5.11 Å². The Balaban J connectivity index is 2.34. The van der Waals surface area contributed by atoms with Crippen LogP contribution in [-0.2, 0) is 4.79 Å². The summed E-state index contributed by atoms with van der Waals surface area (Å²) in [4.78, 5) is 10.6. The average molecular weight is 218 g/mol. The molecule has 0 aliphatic carbocycles. The van der Waals surface area contributed by atoms with Crippen LogP contribution in [0.1, 0.15) is 30.5 Å². The molecule has 2 heterocycles. The van der Waals surface area contributed by atoms with Crippen LogP contribution < -0.4 is 0 Å². The van der Waals surface area contributed by atoms with Gasteiger partial charge in [0.05, 0.1) is 17.6 Å². The number of carboxylic acid groups (broad SMARTS) is 1. The zero-order chi connectivity index (χ0) is 11.7. The highest BCUT2D eigenvalue weighted by atomic mass is 16.4. The molecule has 0 amide bonds. The maximum Gasteiger partial charge on any atom is 0.303 e. The van der Waals surface area contributed by atoms with E-state index >= 15 is 0 Å². The Morgan fingerprint density at radius 1 is 1.56 bits per heavy atom. The predicted octanol–water partition coefficient (Wildman–Crippen LogP) is 2.22. The summed E-state index contributed by atoms with van der Waals surface area (Å²) in [6.45, 7) is 3.85. The third-order valence-electron chi connectivity index (χ3n) is 2.65. The van der Waals surface area contributed by atoms with Crippen molar-refractivity contribution in [2.75, 3.05) is 0 Å². The molecule has 0 aliphatic rings. The van der Waals surface area contributed by atoms with Crippen molar-refractivity contribution in [3.05, 3.63) is 35.7 Å². The van der Waals surface area contributed by atoms with Crippen molar-refractivity contribution in [3.63, 3.8) is 0 Å². The van der Waals surface area contributed by atoms with Crippen LogP contribution in [0.25, 0.3) is 5.52 Å². The molecule has 16 heavy (non-hydrogen) atoms. The van der Waals surface area contributed by atoms with Crippen LogP contribution in [0.3, 0.4) is 0 Å². The van der Waals surface area contributed by atoms with Gasteiger partial charge in [-0.2, -0.15) is 5.10 Å². The summed E-state index contributed by atoms with van der Waals surface area (Å²) >= 11 is 0. The van der Waals surface area contributed by atoms with Gasteiger partial charge >= 0.3 is 5.97 Å². The molecule has 4 nitrogen and oxygen atoms in total. The summed E-state index contributed by atoms with van der Waals surface area (Å²) in [5.74, 6) is -0.768. The molecule has 1 unspecified atom stereocenters. The summed E-state index contributed by atoms with van der Waals surface area (Å²) in [6, 6.07) is 5.92. The quantitative estimate of drug-likeness (QED) is 0.859. The third-order valence-corrected chi connectivity index (χ3v) is 2.65. The van der Waals surface area contributed by atoms with Gasteiger partial charge < -0.3 is 5.11 Å². The fourth-order valence-electron chi connectivity index (χ4n) is 1.80. The first kappa shape index (κ1) is 10.7. The van der Waals surface area contributed by atoms with Crippen LogP contribution in [0.15, 0.2) is 24.4 Å². The first-order valence-corrected chi connectivity index (χ1v) is 5.24.